The van der Waals surface area contributed by atoms with E-state index in [-0.39, 0.29) is 0 Å². The predicted molar refractivity (Wildman–Crippen MR) is 64.5 cm³/mol. The van der Waals surface area contributed by atoms with Gasteiger partial charge in [-0.3, -0.25) is 4.90 Å². The van der Waals surface area contributed by atoms with Crippen LogP contribution in [-0.4, -0.2) is 49.8 Å². The Labute approximate surface area is 98.5 Å². The normalized spacial score (nSPS) is 38.8. The summed E-state index contributed by atoms with van der Waals surface area (Å²) in [5.41, 5.74) is 0.628. The third-order valence-electron chi connectivity index (χ3n) is 4.36. The molecule has 0 aromatic heterocycles. The van der Waals surface area contributed by atoms with Gasteiger partial charge in [-0.05, 0) is 38.0 Å². The van der Waals surface area contributed by atoms with Crippen LogP contribution in [0.15, 0.2) is 0 Å². The number of rotatable bonds is 2. The van der Waals surface area contributed by atoms with Crippen LogP contribution in [0.25, 0.3) is 0 Å². The van der Waals surface area contributed by atoms with Gasteiger partial charge in [0.2, 0.25) is 0 Å². The molecule has 3 aliphatic rings. The number of ether oxygens (including phenoxy) is 1. The Morgan fingerprint density at radius 2 is 2.31 bits per heavy atom. The van der Waals surface area contributed by atoms with Gasteiger partial charge in [0.05, 0.1) is 6.10 Å². The smallest absolute Gasteiger partial charge is 0.0702 e. The Hall–Kier alpha value is -0.120. The molecule has 1 N–H and O–H groups in total. The number of nitrogens with one attached hydrogen (secondary N) is 1. The van der Waals surface area contributed by atoms with Gasteiger partial charge in [-0.15, -0.1) is 0 Å². The van der Waals surface area contributed by atoms with Gasteiger partial charge >= 0.3 is 0 Å². The molecule has 0 radical (unpaired) electrons. The molecule has 1 spiro atoms. The van der Waals surface area contributed by atoms with Crippen LogP contribution in [-0.2, 0) is 4.74 Å². The number of hydrogen-bond donors (Lipinski definition) is 1. The molecule has 1 saturated carbocycles. The van der Waals surface area contributed by atoms with Gasteiger partial charge in [0, 0.05) is 38.8 Å². The lowest BCUT2D eigenvalue weighted by atomic mass is 10.1. The molecule has 3 rings (SSSR count). The summed E-state index contributed by atoms with van der Waals surface area (Å²) in [7, 11) is 0. The van der Waals surface area contributed by atoms with Crippen molar-refractivity contribution in [1.29, 1.82) is 0 Å². The van der Waals surface area contributed by atoms with Crippen LogP contribution in [0.4, 0.5) is 0 Å². The fourth-order valence-electron chi connectivity index (χ4n) is 3.16. The largest absolute Gasteiger partial charge is 0.377 e. The van der Waals surface area contributed by atoms with Crippen LogP contribution in [0.2, 0.25) is 0 Å². The maximum absolute atomic E-state index is 5.76. The number of nitrogens with zero attached hydrogens (tertiary/aromatic N) is 1. The molecular weight excluding hydrogens is 200 g/mol. The molecule has 1 aliphatic carbocycles. The van der Waals surface area contributed by atoms with Gasteiger partial charge in [0.15, 0.2) is 0 Å². The van der Waals surface area contributed by atoms with Gasteiger partial charge in [0.1, 0.15) is 0 Å². The van der Waals surface area contributed by atoms with E-state index in [9.17, 15) is 0 Å². The Kier molecular flexibility index (Phi) is 2.94. The van der Waals surface area contributed by atoms with Crippen LogP contribution in [0.1, 0.15) is 32.6 Å². The van der Waals surface area contributed by atoms with Gasteiger partial charge < -0.3 is 10.1 Å². The highest BCUT2D eigenvalue weighted by molar-refractivity contribution is 5.00. The zero-order chi connectivity index (χ0) is 11.0. The topological polar surface area (TPSA) is 24.5 Å². The predicted octanol–water partition coefficient (Wildman–Crippen LogP) is 1.24. The van der Waals surface area contributed by atoms with Gasteiger partial charge in [-0.25, -0.2) is 0 Å². The Morgan fingerprint density at radius 3 is 3.00 bits per heavy atom. The van der Waals surface area contributed by atoms with E-state index in [4.69, 9.17) is 4.74 Å². The van der Waals surface area contributed by atoms with Crippen molar-refractivity contribution in [2.45, 2.75) is 44.8 Å². The van der Waals surface area contributed by atoms with Crippen LogP contribution in [0, 0.1) is 5.41 Å². The van der Waals surface area contributed by atoms with E-state index in [1.165, 1.54) is 45.3 Å². The minimum atomic E-state index is 0.515. The minimum Gasteiger partial charge on any atom is -0.377 e. The van der Waals surface area contributed by atoms with Crippen molar-refractivity contribution >= 4 is 0 Å². The molecule has 2 unspecified atom stereocenters. The summed E-state index contributed by atoms with van der Waals surface area (Å²) in [5.74, 6) is 0. The zero-order valence-electron chi connectivity index (χ0n) is 10.4. The monoisotopic (exact) mass is 224 g/mol. The van der Waals surface area contributed by atoms with E-state index in [0.29, 0.717) is 17.6 Å². The first-order valence-electron chi connectivity index (χ1n) is 6.83. The van der Waals surface area contributed by atoms with Crippen molar-refractivity contribution in [3.8, 4) is 0 Å². The van der Waals surface area contributed by atoms with Crippen molar-refractivity contribution in [2.24, 2.45) is 5.41 Å². The highest BCUT2D eigenvalue weighted by Crippen LogP contribution is 2.46. The Balaban J connectivity index is 1.58. The summed E-state index contributed by atoms with van der Waals surface area (Å²) in [6.45, 7) is 8.18. The van der Waals surface area contributed by atoms with Crippen LogP contribution >= 0.6 is 0 Å². The third kappa shape index (κ3) is 2.41. The van der Waals surface area contributed by atoms with Crippen molar-refractivity contribution in [2.75, 3.05) is 32.8 Å². The summed E-state index contributed by atoms with van der Waals surface area (Å²) in [4.78, 5) is 2.65. The third-order valence-corrected chi connectivity index (χ3v) is 4.36. The Bertz CT molecular complexity index is 246. The van der Waals surface area contributed by atoms with Crippen molar-refractivity contribution in [3.63, 3.8) is 0 Å². The molecule has 16 heavy (non-hydrogen) atoms. The number of hydrogen-bond acceptors (Lipinski definition) is 3. The second-order valence-corrected chi connectivity index (χ2v) is 6.11. The lowest BCUT2D eigenvalue weighted by Crippen LogP contribution is -2.39. The first-order chi connectivity index (χ1) is 7.76. The molecule has 2 heterocycles. The zero-order valence-corrected chi connectivity index (χ0v) is 10.4. The average molecular weight is 224 g/mol. The van der Waals surface area contributed by atoms with Crippen LogP contribution in [0.5, 0.6) is 0 Å². The molecule has 2 atom stereocenters. The SMILES string of the molecule is CC1CN(CC2CCCO2)CC2(CC2)CN1. The van der Waals surface area contributed by atoms with Gasteiger partial charge in [-0.1, -0.05) is 0 Å². The second-order valence-electron chi connectivity index (χ2n) is 6.11. The first kappa shape index (κ1) is 11.0. The summed E-state index contributed by atoms with van der Waals surface area (Å²) in [5, 5.41) is 3.67. The van der Waals surface area contributed by atoms with Crippen molar-refractivity contribution in [3.05, 3.63) is 0 Å². The van der Waals surface area contributed by atoms with E-state index >= 15 is 0 Å². The standard InChI is InChI=1S/C13H24N2O/c1-11-7-15(8-12-3-2-6-16-12)10-13(4-5-13)9-14-11/h11-12,14H,2-10H2,1H3. The first-order valence-corrected chi connectivity index (χ1v) is 6.83. The quantitative estimate of drug-likeness (QED) is 0.764. The van der Waals surface area contributed by atoms with E-state index in [0.717, 1.165) is 13.2 Å². The average Bonchev–Trinajstić information content (AvgIpc) is 2.86. The Morgan fingerprint density at radius 1 is 1.44 bits per heavy atom. The van der Waals surface area contributed by atoms with Crippen molar-refractivity contribution < 1.29 is 4.74 Å². The maximum atomic E-state index is 5.76. The lowest BCUT2D eigenvalue weighted by Gasteiger charge is -2.27. The molecule has 0 bridgehead atoms. The molecule has 0 aromatic carbocycles. The molecule has 2 aliphatic heterocycles. The minimum absolute atomic E-state index is 0.515. The van der Waals surface area contributed by atoms with Gasteiger partial charge in [-0.2, -0.15) is 0 Å². The summed E-state index contributed by atoms with van der Waals surface area (Å²) >= 11 is 0. The van der Waals surface area contributed by atoms with E-state index < -0.39 is 0 Å². The van der Waals surface area contributed by atoms with E-state index in [1.54, 1.807) is 0 Å². The summed E-state index contributed by atoms with van der Waals surface area (Å²) in [6, 6.07) is 0.640. The molecule has 3 nitrogen and oxygen atoms in total. The fraction of sp³-hybridized carbons (Fsp3) is 1.00. The fourth-order valence-corrected chi connectivity index (χ4v) is 3.16. The summed E-state index contributed by atoms with van der Waals surface area (Å²) < 4.78 is 5.76. The molecule has 0 aromatic rings. The van der Waals surface area contributed by atoms with Gasteiger partial charge in [0.25, 0.3) is 0 Å². The van der Waals surface area contributed by atoms with Crippen molar-refractivity contribution in [1.82, 2.24) is 10.2 Å². The maximum Gasteiger partial charge on any atom is 0.0702 e. The van der Waals surface area contributed by atoms with Crippen LogP contribution < -0.4 is 5.32 Å². The lowest BCUT2D eigenvalue weighted by molar-refractivity contribution is 0.0682. The molecular formula is C13H24N2O. The highest BCUT2D eigenvalue weighted by atomic mass is 16.5. The molecule has 92 valence electrons. The van der Waals surface area contributed by atoms with Crippen LogP contribution in [0.3, 0.4) is 0 Å². The van der Waals surface area contributed by atoms with E-state index in [2.05, 4.69) is 17.1 Å². The second kappa shape index (κ2) is 4.28. The molecule has 0 amide bonds. The highest BCUT2D eigenvalue weighted by Gasteiger charge is 2.45. The molecule has 3 heteroatoms. The molecule has 2 saturated heterocycles. The van der Waals surface area contributed by atoms with E-state index in [1.807, 2.05) is 0 Å². The summed E-state index contributed by atoms with van der Waals surface area (Å²) in [6.07, 6.45) is 5.90. The molecule has 3 fully saturated rings.